The van der Waals surface area contributed by atoms with Gasteiger partial charge in [-0.1, -0.05) is 0 Å². The van der Waals surface area contributed by atoms with E-state index in [9.17, 15) is 0 Å². The van der Waals surface area contributed by atoms with Crippen LogP contribution in [-0.4, -0.2) is 26.8 Å². The number of hydrogen-bond acceptors (Lipinski definition) is 8. The third-order valence-corrected chi connectivity index (χ3v) is 2.64. The highest BCUT2D eigenvalue weighted by Gasteiger charge is 2.13. The number of anilines is 1. The summed E-state index contributed by atoms with van der Waals surface area (Å²) < 4.78 is 10.5. The van der Waals surface area contributed by atoms with E-state index in [0.29, 0.717) is 34.3 Å². The molecule has 0 bridgehead atoms. The van der Waals surface area contributed by atoms with Gasteiger partial charge in [-0.25, -0.2) is 4.98 Å². The molecule has 2 rings (SSSR count). The zero-order chi connectivity index (χ0) is 12.3. The Morgan fingerprint density at radius 2 is 2.24 bits per heavy atom. The highest BCUT2D eigenvalue weighted by atomic mass is 32.2. The molecular formula is C9H11N5O2S. The average molecular weight is 253 g/mol. The monoisotopic (exact) mass is 253 g/mol. The largest absolute Gasteiger partial charge is 0.476 e. The predicted octanol–water partition coefficient (Wildman–Crippen LogP) is 1.30. The first-order valence-electron chi connectivity index (χ1n) is 4.92. The summed E-state index contributed by atoms with van der Waals surface area (Å²) in [6, 6.07) is 0. The number of hydrogen-bond donors (Lipinski definition) is 1. The molecule has 17 heavy (non-hydrogen) atoms. The maximum absolute atomic E-state index is 5.86. The Morgan fingerprint density at radius 1 is 1.41 bits per heavy atom. The van der Waals surface area contributed by atoms with Crippen molar-refractivity contribution in [1.82, 2.24) is 20.2 Å². The van der Waals surface area contributed by atoms with E-state index in [1.54, 1.807) is 6.92 Å². The summed E-state index contributed by atoms with van der Waals surface area (Å²) >= 11 is 1.18. The first kappa shape index (κ1) is 11.6. The van der Waals surface area contributed by atoms with Crippen molar-refractivity contribution in [2.45, 2.75) is 24.1 Å². The summed E-state index contributed by atoms with van der Waals surface area (Å²) in [4.78, 5) is 7.98. The Labute approximate surface area is 102 Å². The number of nitrogens with two attached hydrogens (primary N) is 1. The zero-order valence-electron chi connectivity index (χ0n) is 9.38. The summed E-state index contributed by atoms with van der Waals surface area (Å²) in [5.41, 5.74) is 6.23. The lowest BCUT2D eigenvalue weighted by atomic mass is 10.5. The van der Waals surface area contributed by atoms with E-state index in [2.05, 4.69) is 20.2 Å². The molecule has 0 atom stereocenters. The minimum Gasteiger partial charge on any atom is -0.476 e. The minimum absolute atomic E-state index is 0.362. The smallest absolute Gasteiger partial charge is 0.283 e. The van der Waals surface area contributed by atoms with Gasteiger partial charge in [-0.3, -0.25) is 0 Å². The van der Waals surface area contributed by atoms with E-state index in [0.717, 1.165) is 0 Å². The second kappa shape index (κ2) is 5.00. The quantitative estimate of drug-likeness (QED) is 0.814. The van der Waals surface area contributed by atoms with Crippen molar-refractivity contribution in [3.8, 4) is 5.88 Å². The van der Waals surface area contributed by atoms with Crippen molar-refractivity contribution in [2.24, 2.45) is 0 Å². The van der Waals surface area contributed by atoms with Crippen molar-refractivity contribution < 1.29 is 9.15 Å². The number of nitrogens with zero attached hydrogens (tertiary/aromatic N) is 4. The lowest BCUT2D eigenvalue weighted by Gasteiger charge is -2.06. The topological polar surface area (TPSA) is 100.0 Å². The normalized spacial score (nSPS) is 10.5. The van der Waals surface area contributed by atoms with Crippen LogP contribution in [0.2, 0.25) is 0 Å². The van der Waals surface area contributed by atoms with Gasteiger partial charge >= 0.3 is 0 Å². The van der Waals surface area contributed by atoms with Crippen LogP contribution in [0.25, 0.3) is 0 Å². The van der Waals surface area contributed by atoms with Crippen molar-refractivity contribution in [3.63, 3.8) is 0 Å². The lowest BCUT2D eigenvalue weighted by molar-refractivity contribution is 0.327. The molecule has 2 heterocycles. The summed E-state index contributed by atoms with van der Waals surface area (Å²) in [5.74, 6) is 0.853. The fourth-order valence-electron chi connectivity index (χ4n) is 1.10. The lowest BCUT2D eigenvalue weighted by Crippen LogP contribution is -2.02. The summed E-state index contributed by atoms with van der Waals surface area (Å²) in [5, 5.41) is 8.48. The molecule has 8 heteroatoms. The summed E-state index contributed by atoms with van der Waals surface area (Å²) in [7, 11) is 0. The van der Waals surface area contributed by atoms with Gasteiger partial charge in [-0.05, 0) is 18.7 Å². The molecule has 0 spiro atoms. The number of aryl methyl sites for hydroxylation is 1. The molecular weight excluding hydrogens is 242 g/mol. The Morgan fingerprint density at radius 3 is 2.88 bits per heavy atom. The van der Waals surface area contributed by atoms with Gasteiger partial charge in [-0.2, -0.15) is 4.98 Å². The highest BCUT2D eigenvalue weighted by Crippen LogP contribution is 2.32. The minimum atomic E-state index is 0.362. The number of rotatable bonds is 4. The molecule has 0 radical (unpaired) electrons. The fraction of sp³-hybridized carbons (Fsp3) is 0.333. The standard InChI is InChI=1S/C9H11N5O2S/c1-3-15-7-6(10)8(12-4-11-7)17-9-14-13-5(2)16-9/h4H,3,10H2,1-2H3. The van der Waals surface area contributed by atoms with E-state index >= 15 is 0 Å². The van der Waals surface area contributed by atoms with Crippen LogP contribution in [0.5, 0.6) is 5.88 Å². The second-order valence-electron chi connectivity index (χ2n) is 3.02. The van der Waals surface area contributed by atoms with Crippen LogP contribution in [0.3, 0.4) is 0 Å². The summed E-state index contributed by atoms with van der Waals surface area (Å²) in [6.45, 7) is 4.06. The first-order chi connectivity index (χ1) is 8.20. The van der Waals surface area contributed by atoms with Crippen LogP contribution in [0.1, 0.15) is 12.8 Å². The Balaban J connectivity index is 2.23. The molecule has 0 fully saturated rings. The van der Waals surface area contributed by atoms with Gasteiger partial charge in [0.05, 0.1) is 6.61 Å². The molecule has 0 aliphatic rings. The molecule has 90 valence electrons. The number of nitrogen functional groups attached to an aromatic ring is 1. The maximum Gasteiger partial charge on any atom is 0.283 e. The third-order valence-electron chi connectivity index (χ3n) is 1.78. The van der Waals surface area contributed by atoms with Crippen LogP contribution in [0.15, 0.2) is 21.0 Å². The van der Waals surface area contributed by atoms with E-state index in [-0.39, 0.29) is 0 Å². The molecule has 2 aromatic rings. The van der Waals surface area contributed by atoms with E-state index in [1.165, 1.54) is 18.1 Å². The van der Waals surface area contributed by atoms with Crippen LogP contribution in [0.4, 0.5) is 5.69 Å². The molecule has 2 N–H and O–H groups in total. The number of aromatic nitrogens is 4. The maximum atomic E-state index is 5.86. The Bertz CT molecular complexity index is 516. The van der Waals surface area contributed by atoms with Gasteiger partial charge in [0.2, 0.25) is 11.8 Å². The molecule has 0 unspecified atom stereocenters. The fourth-order valence-corrected chi connectivity index (χ4v) is 1.81. The van der Waals surface area contributed by atoms with Gasteiger partial charge in [0, 0.05) is 6.92 Å². The number of ether oxygens (including phenoxy) is 1. The summed E-state index contributed by atoms with van der Waals surface area (Å²) in [6.07, 6.45) is 1.38. The van der Waals surface area contributed by atoms with E-state index < -0.39 is 0 Å². The van der Waals surface area contributed by atoms with E-state index in [1.807, 2.05) is 6.92 Å². The molecule has 2 aromatic heterocycles. The van der Waals surface area contributed by atoms with Gasteiger partial charge in [-0.15, -0.1) is 10.2 Å². The van der Waals surface area contributed by atoms with Gasteiger partial charge in [0.15, 0.2) is 0 Å². The zero-order valence-corrected chi connectivity index (χ0v) is 10.2. The highest BCUT2D eigenvalue weighted by molar-refractivity contribution is 7.99. The first-order valence-corrected chi connectivity index (χ1v) is 5.73. The second-order valence-corrected chi connectivity index (χ2v) is 3.96. The molecule has 0 aromatic carbocycles. The van der Waals surface area contributed by atoms with Crippen molar-refractivity contribution in [1.29, 1.82) is 0 Å². The van der Waals surface area contributed by atoms with Crippen LogP contribution < -0.4 is 10.5 Å². The third kappa shape index (κ3) is 2.64. The van der Waals surface area contributed by atoms with E-state index in [4.69, 9.17) is 14.9 Å². The average Bonchev–Trinajstić information content (AvgIpc) is 2.70. The van der Waals surface area contributed by atoms with Crippen molar-refractivity contribution in [3.05, 3.63) is 12.2 Å². The molecule has 0 aliphatic carbocycles. The Kier molecular flexibility index (Phi) is 3.43. The SMILES string of the molecule is CCOc1ncnc(Sc2nnc(C)o2)c1N. The Hall–Kier alpha value is -1.83. The van der Waals surface area contributed by atoms with Crippen LogP contribution >= 0.6 is 11.8 Å². The molecule has 7 nitrogen and oxygen atoms in total. The van der Waals surface area contributed by atoms with Gasteiger partial charge in [0.1, 0.15) is 17.0 Å². The van der Waals surface area contributed by atoms with Crippen molar-refractivity contribution in [2.75, 3.05) is 12.3 Å². The van der Waals surface area contributed by atoms with Crippen LogP contribution in [-0.2, 0) is 0 Å². The van der Waals surface area contributed by atoms with Gasteiger partial charge < -0.3 is 14.9 Å². The molecule has 0 amide bonds. The molecule has 0 saturated heterocycles. The van der Waals surface area contributed by atoms with Gasteiger partial charge in [0.25, 0.3) is 5.22 Å². The predicted molar refractivity (Wildman–Crippen MR) is 60.8 cm³/mol. The molecule has 0 saturated carbocycles. The molecule has 0 aliphatic heterocycles. The van der Waals surface area contributed by atoms with Crippen LogP contribution in [0, 0.1) is 6.92 Å². The van der Waals surface area contributed by atoms with Crippen molar-refractivity contribution >= 4 is 17.4 Å².